The van der Waals surface area contributed by atoms with Crippen molar-refractivity contribution in [2.75, 3.05) is 11.1 Å². The number of thioether (sulfide) groups is 1. The van der Waals surface area contributed by atoms with E-state index in [1.165, 1.54) is 11.3 Å². The van der Waals surface area contributed by atoms with Gasteiger partial charge in [-0.2, -0.15) is 0 Å². The fraction of sp³-hybridized carbons (Fsp3) is 0.357. The molecule has 21 heavy (non-hydrogen) atoms. The van der Waals surface area contributed by atoms with Crippen molar-refractivity contribution in [3.63, 3.8) is 0 Å². The summed E-state index contributed by atoms with van der Waals surface area (Å²) in [4.78, 5) is 12.1. The first-order valence-electron chi connectivity index (χ1n) is 6.67. The molecule has 1 aromatic heterocycles. The van der Waals surface area contributed by atoms with Crippen LogP contribution in [0.3, 0.4) is 0 Å². The Morgan fingerprint density at radius 3 is 2.86 bits per heavy atom. The molecule has 2 rings (SSSR count). The molecule has 0 radical (unpaired) electrons. The number of hydrogen-bond donors (Lipinski definition) is 1. The first-order chi connectivity index (χ1) is 10.2. The summed E-state index contributed by atoms with van der Waals surface area (Å²) in [6.07, 6.45) is 2.30. The second-order valence-electron chi connectivity index (χ2n) is 4.34. The van der Waals surface area contributed by atoms with Crippen molar-refractivity contribution >= 4 is 45.7 Å². The van der Waals surface area contributed by atoms with Crippen molar-refractivity contribution < 1.29 is 4.79 Å². The van der Waals surface area contributed by atoms with Gasteiger partial charge in [0, 0.05) is 5.75 Å². The molecule has 112 valence electrons. The van der Waals surface area contributed by atoms with Crippen LogP contribution < -0.4 is 5.32 Å². The van der Waals surface area contributed by atoms with Crippen LogP contribution in [0.25, 0.3) is 0 Å². The quantitative estimate of drug-likeness (QED) is 0.352. The highest BCUT2D eigenvalue weighted by Gasteiger charge is 2.19. The Labute approximate surface area is 137 Å². The summed E-state index contributed by atoms with van der Waals surface area (Å²) < 4.78 is 0.865. The fourth-order valence-corrected chi connectivity index (χ4v) is 3.67. The monoisotopic (exact) mass is 341 g/mol. The molecule has 0 fully saturated rings. The minimum Gasteiger partial charge on any atom is -0.299 e. The Balaban J connectivity index is 1.90. The Kier molecular flexibility index (Phi) is 6.48. The van der Waals surface area contributed by atoms with Crippen molar-refractivity contribution in [3.8, 4) is 0 Å². The summed E-state index contributed by atoms with van der Waals surface area (Å²) >= 11 is 9.19. The Bertz CT molecular complexity index is 577. The van der Waals surface area contributed by atoms with E-state index >= 15 is 0 Å². The Hall–Kier alpha value is -1.11. The fourth-order valence-electron chi connectivity index (χ4n) is 1.56. The van der Waals surface area contributed by atoms with Crippen molar-refractivity contribution in [1.82, 2.24) is 10.2 Å². The molecule has 1 atom stereocenters. The molecule has 7 heteroatoms. The van der Waals surface area contributed by atoms with Gasteiger partial charge in [-0.3, -0.25) is 10.1 Å². The van der Waals surface area contributed by atoms with E-state index < -0.39 is 5.38 Å². The van der Waals surface area contributed by atoms with E-state index in [4.69, 9.17) is 11.6 Å². The molecule has 0 aliphatic carbocycles. The van der Waals surface area contributed by atoms with E-state index in [2.05, 4.69) is 22.4 Å². The number of nitrogens with zero attached hydrogens (tertiary/aromatic N) is 2. The number of hydrogen-bond acceptors (Lipinski definition) is 5. The summed E-state index contributed by atoms with van der Waals surface area (Å²) in [6, 6.07) is 9.24. The smallest absolute Gasteiger partial charge is 0.248 e. The van der Waals surface area contributed by atoms with Gasteiger partial charge in [0.1, 0.15) is 5.38 Å². The number of halogens is 1. The topological polar surface area (TPSA) is 54.9 Å². The van der Waals surface area contributed by atoms with Crippen LogP contribution in [0.2, 0.25) is 0 Å². The van der Waals surface area contributed by atoms with Crippen LogP contribution in [0.4, 0.5) is 5.13 Å². The molecule has 0 saturated heterocycles. The van der Waals surface area contributed by atoms with Gasteiger partial charge >= 0.3 is 0 Å². The molecule has 1 aromatic carbocycles. The molecule has 1 N–H and O–H groups in total. The van der Waals surface area contributed by atoms with Crippen LogP contribution in [0, 0.1) is 0 Å². The van der Waals surface area contributed by atoms with Crippen molar-refractivity contribution in [2.24, 2.45) is 0 Å². The third-order valence-corrected chi connectivity index (χ3v) is 5.19. The van der Waals surface area contributed by atoms with E-state index in [0.717, 1.165) is 28.5 Å². The Morgan fingerprint density at radius 1 is 1.38 bits per heavy atom. The van der Waals surface area contributed by atoms with Crippen LogP contribution in [-0.4, -0.2) is 21.9 Å². The van der Waals surface area contributed by atoms with Crippen molar-refractivity contribution in [1.29, 1.82) is 0 Å². The molecule has 0 aliphatic heterocycles. The molecular formula is C14H16ClN3OS2. The number of aromatic nitrogens is 2. The molecule has 1 heterocycles. The summed E-state index contributed by atoms with van der Waals surface area (Å²) in [5, 5.41) is 10.5. The van der Waals surface area contributed by atoms with E-state index in [0.29, 0.717) is 5.13 Å². The minimum atomic E-state index is -0.730. The maximum atomic E-state index is 12.1. The molecule has 0 aliphatic rings. The number of nitrogens with one attached hydrogen (secondary N) is 1. The lowest BCUT2D eigenvalue weighted by Crippen LogP contribution is -2.17. The van der Waals surface area contributed by atoms with Gasteiger partial charge in [0.05, 0.1) is 0 Å². The van der Waals surface area contributed by atoms with Gasteiger partial charge in [-0.1, -0.05) is 66.8 Å². The first kappa shape index (κ1) is 16.3. The maximum Gasteiger partial charge on any atom is 0.248 e. The molecule has 4 nitrogen and oxygen atoms in total. The van der Waals surface area contributed by atoms with Crippen LogP contribution in [-0.2, 0) is 4.79 Å². The maximum absolute atomic E-state index is 12.1. The number of carbonyl (C=O) groups is 1. The number of alkyl halides is 1. The average Bonchev–Trinajstić information content (AvgIpc) is 2.95. The Morgan fingerprint density at radius 2 is 2.14 bits per heavy atom. The summed E-state index contributed by atoms with van der Waals surface area (Å²) in [6.45, 7) is 2.15. The number of benzene rings is 1. The predicted octanol–water partition coefficient (Wildman–Crippen LogP) is 4.35. The second-order valence-corrected chi connectivity index (χ2v) is 7.09. The highest BCUT2D eigenvalue weighted by molar-refractivity contribution is 8.01. The van der Waals surface area contributed by atoms with Gasteiger partial charge in [0.2, 0.25) is 11.0 Å². The lowest BCUT2D eigenvalue weighted by atomic mass is 10.1. The third kappa shape index (κ3) is 4.98. The largest absolute Gasteiger partial charge is 0.299 e. The molecule has 0 spiro atoms. The van der Waals surface area contributed by atoms with Crippen LogP contribution in [0.1, 0.15) is 30.7 Å². The highest BCUT2D eigenvalue weighted by Crippen LogP contribution is 2.28. The van der Waals surface area contributed by atoms with E-state index in [1.807, 2.05) is 30.3 Å². The van der Waals surface area contributed by atoms with Gasteiger partial charge in [-0.25, -0.2) is 0 Å². The number of rotatable bonds is 7. The van der Waals surface area contributed by atoms with Gasteiger partial charge in [-0.05, 0) is 12.0 Å². The van der Waals surface area contributed by atoms with Crippen LogP contribution >= 0.6 is 34.7 Å². The summed E-state index contributed by atoms with van der Waals surface area (Å²) in [7, 11) is 0. The van der Waals surface area contributed by atoms with Gasteiger partial charge in [0.15, 0.2) is 4.34 Å². The van der Waals surface area contributed by atoms with Gasteiger partial charge < -0.3 is 0 Å². The standard InChI is InChI=1S/C14H16ClN3OS2/c1-2-3-9-20-14-18-17-13(21-14)16-12(19)11(15)10-7-5-4-6-8-10/h4-8,11H,2-3,9H2,1H3,(H,16,17,19). The highest BCUT2D eigenvalue weighted by atomic mass is 35.5. The predicted molar refractivity (Wildman–Crippen MR) is 89.2 cm³/mol. The molecule has 1 amide bonds. The van der Waals surface area contributed by atoms with Crippen molar-refractivity contribution in [2.45, 2.75) is 29.5 Å². The molecule has 2 aromatic rings. The number of amides is 1. The second kappa shape index (κ2) is 8.36. The summed E-state index contributed by atoms with van der Waals surface area (Å²) in [5.41, 5.74) is 0.763. The van der Waals surface area contributed by atoms with E-state index in [1.54, 1.807) is 11.8 Å². The molecule has 1 unspecified atom stereocenters. The van der Waals surface area contributed by atoms with Gasteiger partial charge in [-0.15, -0.1) is 21.8 Å². The SMILES string of the molecule is CCCCSc1nnc(NC(=O)C(Cl)c2ccccc2)s1. The van der Waals surface area contributed by atoms with Crippen LogP contribution in [0.15, 0.2) is 34.7 Å². The average molecular weight is 342 g/mol. The number of unbranched alkanes of at least 4 members (excludes halogenated alkanes) is 1. The van der Waals surface area contributed by atoms with Crippen molar-refractivity contribution in [3.05, 3.63) is 35.9 Å². The number of anilines is 1. The van der Waals surface area contributed by atoms with E-state index in [9.17, 15) is 4.79 Å². The van der Waals surface area contributed by atoms with Gasteiger partial charge in [0.25, 0.3) is 0 Å². The molecule has 0 saturated carbocycles. The third-order valence-electron chi connectivity index (χ3n) is 2.68. The molecular weight excluding hydrogens is 326 g/mol. The van der Waals surface area contributed by atoms with E-state index in [-0.39, 0.29) is 5.91 Å². The zero-order chi connectivity index (χ0) is 15.1. The zero-order valence-corrected chi connectivity index (χ0v) is 14.0. The lowest BCUT2D eigenvalue weighted by Gasteiger charge is -2.08. The first-order valence-corrected chi connectivity index (χ1v) is 8.90. The lowest BCUT2D eigenvalue weighted by molar-refractivity contribution is -0.116. The normalized spacial score (nSPS) is 12.1. The number of carbonyl (C=O) groups excluding carboxylic acids is 1. The minimum absolute atomic E-state index is 0.288. The molecule has 0 bridgehead atoms. The zero-order valence-electron chi connectivity index (χ0n) is 11.6. The summed E-state index contributed by atoms with van der Waals surface area (Å²) in [5.74, 6) is 0.727. The van der Waals surface area contributed by atoms with Crippen LogP contribution in [0.5, 0.6) is 0 Å².